The van der Waals surface area contributed by atoms with Crippen molar-refractivity contribution in [3.8, 4) is 0 Å². The highest BCUT2D eigenvalue weighted by Crippen LogP contribution is 2.26. The molecule has 0 aromatic heterocycles. The molecule has 0 aliphatic rings. The minimum Gasteiger partial charge on any atom is -0.331 e. The van der Waals surface area contributed by atoms with Crippen molar-refractivity contribution in [1.82, 2.24) is 0 Å². The number of hydrogen-bond acceptors (Lipinski definition) is 1. The molecule has 0 unspecified atom stereocenters. The van der Waals surface area contributed by atoms with E-state index in [-0.39, 0.29) is 15.8 Å². The molecular weight excluding hydrogens is 342 g/mol. The molecule has 0 aliphatic heterocycles. The highest BCUT2D eigenvalue weighted by atomic mass is 35.5. The highest BCUT2D eigenvalue weighted by molar-refractivity contribution is 7.80. The summed E-state index contributed by atoms with van der Waals surface area (Å²) in [4.78, 5) is 0. The Hall–Kier alpha value is -1.07. The van der Waals surface area contributed by atoms with Gasteiger partial charge in [-0.1, -0.05) is 40.9 Å². The van der Waals surface area contributed by atoms with E-state index in [1.165, 1.54) is 12.1 Å². The second-order valence-electron chi connectivity index (χ2n) is 3.80. The van der Waals surface area contributed by atoms with Crippen LogP contribution in [0.1, 0.15) is 0 Å². The van der Waals surface area contributed by atoms with Crippen molar-refractivity contribution in [2.45, 2.75) is 0 Å². The van der Waals surface area contributed by atoms with Crippen LogP contribution in [0.25, 0.3) is 0 Å². The van der Waals surface area contributed by atoms with E-state index >= 15 is 0 Å². The lowest BCUT2D eigenvalue weighted by Gasteiger charge is -2.12. The van der Waals surface area contributed by atoms with E-state index in [9.17, 15) is 4.39 Å². The third kappa shape index (κ3) is 3.73. The lowest BCUT2D eigenvalue weighted by molar-refractivity contribution is 0.632. The van der Waals surface area contributed by atoms with Crippen LogP contribution in [0, 0.1) is 5.82 Å². The molecule has 0 bridgehead atoms. The molecule has 0 radical (unpaired) electrons. The lowest BCUT2D eigenvalue weighted by Crippen LogP contribution is -2.20. The van der Waals surface area contributed by atoms with Crippen LogP contribution in [0.4, 0.5) is 15.8 Å². The number of rotatable bonds is 2. The van der Waals surface area contributed by atoms with Crippen LogP contribution in [-0.2, 0) is 0 Å². The van der Waals surface area contributed by atoms with Crippen LogP contribution in [0.2, 0.25) is 15.1 Å². The van der Waals surface area contributed by atoms with Crippen LogP contribution in [-0.4, -0.2) is 5.11 Å². The molecule has 0 saturated heterocycles. The molecule has 0 aliphatic carbocycles. The van der Waals surface area contributed by atoms with Gasteiger partial charge in [-0.25, -0.2) is 4.39 Å². The summed E-state index contributed by atoms with van der Waals surface area (Å²) in [6.45, 7) is 0. The molecule has 7 heteroatoms. The maximum Gasteiger partial charge on any atom is 0.175 e. The standard InChI is InChI=1S/C13H8Cl3FN2S/c14-7-4-5-10(9(16)6-7)18-13(20)19-11-3-1-2-8(15)12(11)17/h1-6H,(H2,18,19,20). The molecule has 0 amide bonds. The van der Waals surface area contributed by atoms with Gasteiger partial charge in [0.25, 0.3) is 0 Å². The Bertz CT molecular complexity index is 664. The van der Waals surface area contributed by atoms with E-state index in [1.807, 2.05) is 0 Å². The molecule has 104 valence electrons. The van der Waals surface area contributed by atoms with Crippen molar-refractivity contribution < 1.29 is 4.39 Å². The average molecular weight is 350 g/mol. The van der Waals surface area contributed by atoms with Gasteiger partial charge >= 0.3 is 0 Å². The van der Waals surface area contributed by atoms with Gasteiger partial charge in [0.15, 0.2) is 10.9 Å². The molecule has 2 aromatic rings. The second kappa shape index (κ2) is 6.59. The molecule has 0 saturated carbocycles. The first kappa shape index (κ1) is 15.3. The highest BCUT2D eigenvalue weighted by Gasteiger charge is 2.09. The van der Waals surface area contributed by atoms with Crippen molar-refractivity contribution in [1.29, 1.82) is 0 Å². The smallest absolute Gasteiger partial charge is 0.175 e. The quantitative estimate of drug-likeness (QED) is 0.691. The molecule has 0 heterocycles. The first-order valence-corrected chi connectivity index (χ1v) is 6.98. The number of hydrogen-bond donors (Lipinski definition) is 2. The van der Waals surface area contributed by atoms with Crippen molar-refractivity contribution in [3.05, 3.63) is 57.3 Å². The predicted octanol–water partition coefficient (Wildman–Crippen LogP) is 5.59. The third-order valence-electron chi connectivity index (χ3n) is 2.38. The van der Waals surface area contributed by atoms with Crippen LogP contribution in [0.5, 0.6) is 0 Å². The first-order chi connectivity index (χ1) is 9.47. The van der Waals surface area contributed by atoms with E-state index < -0.39 is 5.82 Å². The normalized spacial score (nSPS) is 10.2. The minimum absolute atomic E-state index is 0.0160. The monoisotopic (exact) mass is 348 g/mol. The van der Waals surface area contributed by atoms with Crippen molar-refractivity contribution in [2.24, 2.45) is 0 Å². The van der Waals surface area contributed by atoms with Crippen molar-refractivity contribution in [2.75, 3.05) is 10.6 Å². The maximum absolute atomic E-state index is 13.7. The average Bonchev–Trinajstić information content (AvgIpc) is 2.38. The molecular formula is C13H8Cl3FN2S. The summed E-state index contributed by atoms with van der Waals surface area (Å²) in [5.74, 6) is -0.569. The van der Waals surface area contributed by atoms with Crippen LogP contribution in [0.15, 0.2) is 36.4 Å². The topological polar surface area (TPSA) is 24.1 Å². The summed E-state index contributed by atoms with van der Waals surface area (Å²) < 4.78 is 13.7. The SMILES string of the molecule is Fc1c(Cl)cccc1NC(=S)Nc1ccc(Cl)cc1Cl. The van der Waals surface area contributed by atoms with Gasteiger partial charge in [-0.05, 0) is 42.5 Å². The zero-order chi connectivity index (χ0) is 14.7. The molecule has 2 nitrogen and oxygen atoms in total. The van der Waals surface area contributed by atoms with Gasteiger partial charge in [0, 0.05) is 5.02 Å². The zero-order valence-electron chi connectivity index (χ0n) is 9.88. The Labute approximate surface area is 135 Å². The largest absolute Gasteiger partial charge is 0.331 e. The van der Waals surface area contributed by atoms with Crippen molar-refractivity contribution in [3.63, 3.8) is 0 Å². The molecule has 2 N–H and O–H groups in total. The molecule has 20 heavy (non-hydrogen) atoms. The van der Waals surface area contributed by atoms with E-state index in [0.29, 0.717) is 15.7 Å². The summed E-state index contributed by atoms with van der Waals surface area (Å²) in [5.41, 5.74) is 0.746. The minimum atomic E-state index is -0.569. The number of nitrogens with one attached hydrogen (secondary N) is 2. The molecule has 0 fully saturated rings. The summed E-state index contributed by atoms with van der Waals surface area (Å²) in [7, 11) is 0. The molecule has 2 aromatic carbocycles. The maximum atomic E-state index is 13.7. The Morgan fingerprint density at radius 2 is 1.65 bits per heavy atom. The summed E-state index contributed by atoms with van der Waals surface area (Å²) in [6, 6.07) is 9.51. The van der Waals surface area contributed by atoms with E-state index in [0.717, 1.165) is 0 Å². The van der Waals surface area contributed by atoms with Gasteiger partial charge in [0.1, 0.15) is 0 Å². The summed E-state index contributed by atoms with van der Waals surface area (Å²) in [5, 5.41) is 6.69. The fraction of sp³-hybridized carbons (Fsp3) is 0. The predicted molar refractivity (Wildman–Crippen MR) is 87.7 cm³/mol. The van der Waals surface area contributed by atoms with Gasteiger partial charge in [-0.15, -0.1) is 0 Å². The van der Waals surface area contributed by atoms with E-state index in [2.05, 4.69) is 10.6 Å². The van der Waals surface area contributed by atoms with Gasteiger partial charge in [0.05, 0.1) is 21.4 Å². The second-order valence-corrected chi connectivity index (χ2v) is 5.46. The van der Waals surface area contributed by atoms with Gasteiger partial charge in [-0.3, -0.25) is 0 Å². The van der Waals surface area contributed by atoms with Crippen LogP contribution >= 0.6 is 47.0 Å². The Kier molecular flexibility index (Phi) is 5.05. The number of anilines is 2. The number of halogens is 4. The Morgan fingerprint density at radius 1 is 0.950 bits per heavy atom. The van der Waals surface area contributed by atoms with Crippen LogP contribution in [0.3, 0.4) is 0 Å². The van der Waals surface area contributed by atoms with E-state index in [1.54, 1.807) is 24.3 Å². The number of thiocarbonyl (C=S) groups is 1. The van der Waals surface area contributed by atoms with E-state index in [4.69, 9.17) is 47.0 Å². The molecule has 0 atom stereocenters. The van der Waals surface area contributed by atoms with Gasteiger partial charge in [-0.2, -0.15) is 0 Å². The third-order valence-corrected chi connectivity index (χ3v) is 3.42. The Balaban J connectivity index is 2.11. The first-order valence-electron chi connectivity index (χ1n) is 5.44. The summed E-state index contributed by atoms with van der Waals surface area (Å²) >= 11 is 22.6. The lowest BCUT2D eigenvalue weighted by atomic mass is 10.3. The molecule has 0 spiro atoms. The summed E-state index contributed by atoms with van der Waals surface area (Å²) in [6.07, 6.45) is 0. The van der Waals surface area contributed by atoms with Crippen molar-refractivity contribution >= 4 is 63.5 Å². The Morgan fingerprint density at radius 3 is 2.35 bits per heavy atom. The van der Waals surface area contributed by atoms with Gasteiger partial charge < -0.3 is 10.6 Å². The zero-order valence-corrected chi connectivity index (χ0v) is 13.0. The molecule has 2 rings (SSSR count). The fourth-order valence-electron chi connectivity index (χ4n) is 1.47. The fourth-order valence-corrected chi connectivity index (χ4v) is 2.32. The van der Waals surface area contributed by atoms with Gasteiger partial charge in [0.2, 0.25) is 0 Å². The number of benzene rings is 2. The van der Waals surface area contributed by atoms with Crippen LogP contribution < -0.4 is 10.6 Å².